The van der Waals surface area contributed by atoms with Crippen LogP contribution < -0.4 is 10.6 Å². The standard InChI is InChI=1S/C16H23N3O2/c1-11-10-15(8-9-19(11)3)18-16(21)17-14-6-4-13(5-7-14)12(2)20/h4-7,11,15H,8-10H2,1-3H3,(H2,17,18,21). The molecule has 1 saturated heterocycles. The fourth-order valence-corrected chi connectivity index (χ4v) is 2.56. The van der Waals surface area contributed by atoms with Crippen LogP contribution >= 0.6 is 0 Å². The molecule has 21 heavy (non-hydrogen) atoms. The molecule has 0 radical (unpaired) electrons. The van der Waals surface area contributed by atoms with Crippen LogP contribution in [0.3, 0.4) is 0 Å². The van der Waals surface area contributed by atoms with Crippen molar-refractivity contribution in [3.8, 4) is 0 Å². The fourth-order valence-electron chi connectivity index (χ4n) is 2.56. The van der Waals surface area contributed by atoms with Crippen molar-refractivity contribution < 1.29 is 9.59 Å². The number of anilines is 1. The van der Waals surface area contributed by atoms with E-state index in [4.69, 9.17) is 0 Å². The highest BCUT2D eigenvalue weighted by atomic mass is 16.2. The van der Waals surface area contributed by atoms with E-state index in [1.54, 1.807) is 24.3 Å². The summed E-state index contributed by atoms with van der Waals surface area (Å²) in [5.74, 6) is 0.0197. The number of hydrogen-bond acceptors (Lipinski definition) is 3. The maximum Gasteiger partial charge on any atom is 0.319 e. The highest BCUT2D eigenvalue weighted by Gasteiger charge is 2.23. The number of amides is 2. The van der Waals surface area contributed by atoms with E-state index in [0.717, 1.165) is 19.4 Å². The minimum absolute atomic E-state index is 0.0197. The van der Waals surface area contributed by atoms with E-state index in [1.165, 1.54) is 6.92 Å². The number of benzene rings is 1. The van der Waals surface area contributed by atoms with E-state index < -0.39 is 0 Å². The Labute approximate surface area is 125 Å². The number of hydrogen-bond donors (Lipinski definition) is 2. The van der Waals surface area contributed by atoms with Crippen LogP contribution in [0.15, 0.2) is 24.3 Å². The molecule has 2 atom stereocenters. The Bertz CT molecular complexity index is 513. The van der Waals surface area contributed by atoms with Gasteiger partial charge in [-0.2, -0.15) is 0 Å². The Kier molecular flexibility index (Phi) is 4.96. The van der Waals surface area contributed by atoms with Crippen molar-refractivity contribution in [2.24, 2.45) is 0 Å². The van der Waals surface area contributed by atoms with Gasteiger partial charge in [0.15, 0.2) is 5.78 Å². The summed E-state index contributed by atoms with van der Waals surface area (Å²) in [5.41, 5.74) is 1.34. The van der Waals surface area contributed by atoms with Gasteiger partial charge in [-0.05, 0) is 58.0 Å². The van der Waals surface area contributed by atoms with Crippen LogP contribution in [-0.2, 0) is 0 Å². The molecule has 2 rings (SSSR count). The molecular formula is C16H23N3O2. The Balaban J connectivity index is 1.85. The molecule has 0 bridgehead atoms. The molecule has 5 nitrogen and oxygen atoms in total. The SMILES string of the molecule is CC(=O)c1ccc(NC(=O)NC2CCN(C)C(C)C2)cc1. The van der Waals surface area contributed by atoms with Crippen molar-refractivity contribution in [3.63, 3.8) is 0 Å². The summed E-state index contributed by atoms with van der Waals surface area (Å²) in [5, 5.41) is 5.82. The molecular weight excluding hydrogens is 266 g/mol. The zero-order valence-electron chi connectivity index (χ0n) is 12.8. The monoisotopic (exact) mass is 289 g/mol. The zero-order valence-corrected chi connectivity index (χ0v) is 12.8. The molecule has 1 aliphatic heterocycles. The minimum atomic E-state index is -0.188. The number of nitrogens with one attached hydrogen (secondary N) is 2. The minimum Gasteiger partial charge on any atom is -0.335 e. The topological polar surface area (TPSA) is 61.4 Å². The van der Waals surface area contributed by atoms with Gasteiger partial charge in [-0.1, -0.05) is 0 Å². The van der Waals surface area contributed by atoms with Gasteiger partial charge in [0.1, 0.15) is 0 Å². The third-order valence-corrected chi connectivity index (χ3v) is 4.09. The van der Waals surface area contributed by atoms with Crippen molar-refractivity contribution in [2.75, 3.05) is 18.9 Å². The third kappa shape index (κ3) is 4.29. The van der Waals surface area contributed by atoms with Crippen LogP contribution in [-0.4, -0.2) is 42.4 Å². The number of likely N-dealkylation sites (tertiary alicyclic amines) is 1. The van der Waals surface area contributed by atoms with Crippen LogP contribution in [0.5, 0.6) is 0 Å². The molecule has 1 aliphatic rings. The predicted molar refractivity (Wildman–Crippen MR) is 83.7 cm³/mol. The Hall–Kier alpha value is -1.88. The molecule has 1 aromatic carbocycles. The number of piperidine rings is 1. The van der Waals surface area contributed by atoms with Crippen LogP contribution in [0.4, 0.5) is 10.5 Å². The van der Waals surface area contributed by atoms with E-state index in [1.807, 2.05) is 0 Å². The molecule has 2 unspecified atom stereocenters. The molecule has 1 fully saturated rings. The van der Waals surface area contributed by atoms with Gasteiger partial charge in [0.2, 0.25) is 0 Å². The summed E-state index contributed by atoms with van der Waals surface area (Å²) in [4.78, 5) is 25.5. The van der Waals surface area contributed by atoms with E-state index >= 15 is 0 Å². The Morgan fingerprint density at radius 3 is 2.48 bits per heavy atom. The number of urea groups is 1. The van der Waals surface area contributed by atoms with Crippen molar-refractivity contribution in [1.29, 1.82) is 0 Å². The van der Waals surface area contributed by atoms with Crippen molar-refractivity contribution in [3.05, 3.63) is 29.8 Å². The third-order valence-electron chi connectivity index (χ3n) is 4.09. The second-order valence-corrected chi connectivity index (χ2v) is 5.78. The second-order valence-electron chi connectivity index (χ2n) is 5.78. The van der Waals surface area contributed by atoms with Gasteiger partial charge < -0.3 is 15.5 Å². The first kappa shape index (κ1) is 15.5. The Morgan fingerprint density at radius 2 is 1.90 bits per heavy atom. The van der Waals surface area contributed by atoms with Crippen LogP contribution in [0.1, 0.15) is 37.0 Å². The lowest BCUT2D eigenvalue weighted by atomic mass is 9.99. The molecule has 1 heterocycles. The molecule has 0 saturated carbocycles. The van der Waals surface area contributed by atoms with Gasteiger partial charge in [0.05, 0.1) is 0 Å². The lowest BCUT2D eigenvalue weighted by Crippen LogP contribution is -2.48. The van der Waals surface area contributed by atoms with Gasteiger partial charge in [-0.15, -0.1) is 0 Å². The fraction of sp³-hybridized carbons (Fsp3) is 0.500. The van der Waals surface area contributed by atoms with Crippen molar-refractivity contribution in [1.82, 2.24) is 10.2 Å². The van der Waals surface area contributed by atoms with Crippen LogP contribution in [0.2, 0.25) is 0 Å². The Morgan fingerprint density at radius 1 is 1.24 bits per heavy atom. The number of nitrogens with zero attached hydrogens (tertiary/aromatic N) is 1. The van der Waals surface area contributed by atoms with Gasteiger partial charge in [0.25, 0.3) is 0 Å². The highest BCUT2D eigenvalue weighted by molar-refractivity contribution is 5.95. The highest BCUT2D eigenvalue weighted by Crippen LogP contribution is 2.16. The molecule has 5 heteroatoms. The first-order valence-electron chi connectivity index (χ1n) is 7.34. The largest absolute Gasteiger partial charge is 0.335 e. The molecule has 2 N–H and O–H groups in total. The first-order valence-corrected chi connectivity index (χ1v) is 7.34. The van der Waals surface area contributed by atoms with Crippen molar-refractivity contribution in [2.45, 2.75) is 38.8 Å². The maximum atomic E-state index is 12.0. The average molecular weight is 289 g/mol. The maximum absolute atomic E-state index is 12.0. The summed E-state index contributed by atoms with van der Waals surface area (Å²) < 4.78 is 0. The molecule has 0 aromatic heterocycles. The lowest BCUT2D eigenvalue weighted by Gasteiger charge is -2.35. The number of ketones is 1. The number of Topliss-reactive ketones (excluding diaryl/α,β-unsaturated/α-hetero) is 1. The number of rotatable bonds is 3. The van der Waals surface area contributed by atoms with E-state index in [0.29, 0.717) is 17.3 Å². The number of carbonyl (C=O) groups excluding carboxylic acids is 2. The normalized spacial score (nSPS) is 22.6. The van der Waals surface area contributed by atoms with E-state index in [2.05, 4.69) is 29.5 Å². The molecule has 1 aromatic rings. The predicted octanol–water partition coefficient (Wildman–Crippen LogP) is 2.49. The van der Waals surface area contributed by atoms with Crippen LogP contribution in [0.25, 0.3) is 0 Å². The van der Waals surface area contributed by atoms with Crippen LogP contribution in [0, 0.1) is 0 Å². The summed E-state index contributed by atoms with van der Waals surface area (Å²) in [7, 11) is 2.11. The van der Waals surface area contributed by atoms with Gasteiger partial charge in [0, 0.05) is 29.9 Å². The number of carbonyl (C=O) groups is 2. The quantitative estimate of drug-likeness (QED) is 0.840. The zero-order chi connectivity index (χ0) is 15.4. The molecule has 0 spiro atoms. The van der Waals surface area contributed by atoms with E-state index in [-0.39, 0.29) is 17.9 Å². The first-order chi connectivity index (χ1) is 9.95. The van der Waals surface area contributed by atoms with Gasteiger partial charge >= 0.3 is 6.03 Å². The summed E-state index contributed by atoms with van der Waals surface area (Å²) in [6, 6.07) is 7.44. The van der Waals surface area contributed by atoms with Gasteiger partial charge in [-0.25, -0.2) is 4.79 Å². The van der Waals surface area contributed by atoms with Gasteiger partial charge in [-0.3, -0.25) is 4.79 Å². The average Bonchev–Trinajstić information content (AvgIpc) is 2.43. The van der Waals surface area contributed by atoms with Crippen molar-refractivity contribution >= 4 is 17.5 Å². The lowest BCUT2D eigenvalue weighted by molar-refractivity contribution is 0.101. The molecule has 114 valence electrons. The molecule has 0 aliphatic carbocycles. The van der Waals surface area contributed by atoms with E-state index in [9.17, 15) is 9.59 Å². The summed E-state index contributed by atoms with van der Waals surface area (Å²) in [6.07, 6.45) is 1.94. The molecule has 2 amide bonds. The summed E-state index contributed by atoms with van der Waals surface area (Å²) >= 11 is 0. The smallest absolute Gasteiger partial charge is 0.319 e. The summed E-state index contributed by atoms with van der Waals surface area (Å²) in [6.45, 7) is 4.70. The second kappa shape index (κ2) is 6.72.